The van der Waals surface area contributed by atoms with Gasteiger partial charge in [0, 0.05) is 26.2 Å². The highest BCUT2D eigenvalue weighted by Gasteiger charge is 2.19. The van der Waals surface area contributed by atoms with Crippen molar-refractivity contribution in [2.45, 2.75) is 19.8 Å². The summed E-state index contributed by atoms with van der Waals surface area (Å²) in [5, 5.41) is 7.41. The van der Waals surface area contributed by atoms with Crippen molar-refractivity contribution in [2.24, 2.45) is 0 Å². The molecule has 3 aromatic rings. The third kappa shape index (κ3) is 5.98. The van der Waals surface area contributed by atoms with Crippen LogP contribution >= 0.6 is 11.3 Å². The quantitative estimate of drug-likeness (QED) is 0.441. The van der Waals surface area contributed by atoms with Gasteiger partial charge in [-0.2, -0.15) is 0 Å². The Balaban J connectivity index is 1.35. The number of rotatable bonds is 10. The molecule has 0 spiro atoms. The van der Waals surface area contributed by atoms with E-state index in [0.29, 0.717) is 11.4 Å². The van der Waals surface area contributed by atoms with Crippen LogP contribution < -0.4 is 15.4 Å². The second-order valence-electron chi connectivity index (χ2n) is 8.05. The van der Waals surface area contributed by atoms with Crippen LogP contribution in [0.1, 0.15) is 27.2 Å². The Morgan fingerprint density at radius 1 is 1.24 bits per heavy atom. The Morgan fingerprint density at radius 3 is 2.91 bits per heavy atom. The molecule has 0 unspecified atom stereocenters. The first-order valence-electron chi connectivity index (χ1n) is 11.3. The van der Waals surface area contributed by atoms with E-state index in [9.17, 15) is 4.79 Å². The number of morpholine rings is 1. The molecule has 1 saturated heterocycles. The second-order valence-corrected chi connectivity index (χ2v) is 9.05. The number of nitrogens with one attached hydrogen (secondary N) is 2. The largest absolute Gasteiger partial charge is 0.497 e. The molecule has 0 atom stereocenters. The number of thiophene rings is 1. The Labute approximate surface area is 198 Å². The molecule has 1 aromatic carbocycles. The first-order chi connectivity index (χ1) is 16.2. The lowest BCUT2D eigenvalue weighted by atomic mass is 10.1. The highest BCUT2D eigenvalue weighted by molar-refractivity contribution is 7.20. The molecule has 1 aliphatic rings. The van der Waals surface area contributed by atoms with Crippen LogP contribution in [0.5, 0.6) is 5.75 Å². The highest BCUT2D eigenvalue weighted by Crippen LogP contribution is 2.33. The highest BCUT2D eigenvalue weighted by atomic mass is 32.1. The van der Waals surface area contributed by atoms with Crippen molar-refractivity contribution in [3.05, 3.63) is 46.6 Å². The van der Waals surface area contributed by atoms with Gasteiger partial charge in [-0.05, 0) is 49.6 Å². The molecule has 8 nitrogen and oxygen atoms in total. The maximum atomic E-state index is 12.8. The number of aryl methyl sites for hydroxylation is 1. The van der Waals surface area contributed by atoms with Crippen molar-refractivity contribution < 1.29 is 14.3 Å². The minimum atomic E-state index is -0.0418. The summed E-state index contributed by atoms with van der Waals surface area (Å²) >= 11 is 1.42. The first-order valence-corrected chi connectivity index (χ1v) is 12.2. The molecular weight excluding hydrogens is 438 g/mol. The van der Waals surface area contributed by atoms with E-state index in [4.69, 9.17) is 9.47 Å². The van der Waals surface area contributed by atoms with E-state index in [1.54, 1.807) is 13.4 Å². The van der Waals surface area contributed by atoms with Gasteiger partial charge in [0.2, 0.25) is 0 Å². The zero-order valence-corrected chi connectivity index (χ0v) is 20.0. The summed E-state index contributed by atoms with van der Waals surface area (Å²) in [6.07, 6.45) is 3.31. The minimum absolute atomic E-state index is 0.0418. The normalized spacial score (nSPS) is 14.4. The molecular formula is C24H31N5O3S. The van der Waals surface area contributed by atoms with Crippen molar-refractivity contribution >= 4 is 33.3 Å². The van der Waals surface area contributed by atoms with Crippen LogP contribution in [0.4, 0.5) is 5.82 Å². The standard InChI is InChI=1S/C24H31N5O3S/c1-17-20-22(25-9-7-18-5-3-6-19(15-18)31-2)27-16-28-24(20)33-21(17)23(30)26-8-4-10-29-11-13-32-14-12-29/h3,5-6,15-16H,4,7-14H2,1-2H3,(H,26,30)(H,25,27,28). The molecule has 3 heterocycles. The molecule has 1 fully saturated rings. The summed E-state index contributed by atoms with van der Waals surface area (Å²) in [6.45, 7) is 7.85. The van der Waals surface area contributed by atoms with E-state index in [2.05, 4.69) is 31.6 Å². The summed E-state index contributed by atoms with van der Waals surface area (Å²) < 4.78 is 10.7. The topological polar surface area (TPSA) is 88.6 Å². The van der Waals surface area contributed by atoms with Gasteiger partial charge in [0.1, 0.15) is 22.7 Å². The number of methoxy groups -OCH3 is 1. The first kappa shape index (κ1) is 23.4. The average Bonchev–Trinajstić information content (AvgIpc) is 3.20. The van der Waals surface area contributed by atoms with Crippen molar-refractivity contribution in [2.75, 3.05) is 58.4 Å². The molecule has 0 aliphatic carbocycles. The molecule has 2 aromatic heterocycles. The van der Waals surface area contributed by atoms with E-state index in [1.807, 2.05) is 25.1 Å². The van der Waals surface area contributed by atoms with E-state index < -0.39 is 0 Å². The van der Waals surface area contributed by atoms with Gasteiger partial charge in [-0.15, -0.1) is 11.3 Å². The fourth-order valence-corrected chi connectivity index (χ4v) is 5.05. The van der Waals surface area contributed by atoms with Crippen LogP contribution in [0.15, 0.2) is 30.6 Å². The molecule has 4 rings (SSSR count). The fourth-order valence-electron chi connectivity index (χ4n) is 3.99. The van der Waals surface area contributed by atoms with Gasteiger partial charge in [0.05, 0.1) is 30.6 Å². The second kappa shape index (κ2) is 11.4. The molecule has 33 heavy (non-hydrogen) atoms. The van der Waals surface area contributed by atoms with Gasteiger partial charge < -0.3 is 20.1 Å². The summed E-state index contributed by atoms with van der Waals surface area (Å²) in [5.74, 6) is 1.58. The number of aromatic nitrogens is 2. The Hall–Kier alpha value is -2.75. The summed E-state index contributed by atoms with van der Waals surface area (Å²) in [5.41, 5.74) is 2.11. The monoisotopic (exact) mass is 469 g/mol. The van der Waals surface area contributed by atoms with Gasteiger partial charge in [0.25, 0.3) is 5.91 Å². The Kier molecular flexibility index (Phi) is 8.09. The zero-order chi connectivity index (χ0) is 23.0. The smallest absolute Gasteiger partial charge is 0.261 e. The van der Waals surface area contributed by atoms with Gasteiger partial charge in [-0.3, -0.25) is 9.69 Å². The van der Waals surface area contributed by atoms with E-state index >= 15 is 0 Å². The van der Waals surface area contributed by atoms with Gasteiger partial charge in [-0.1, -0.05) is 12.1 Å². The number of hydrogen-bond acceptors (Lipinski definition) is 8. The number of carbonyl (C=O) groups excluding carboxylic acids is 1. The maximum absolute atomic E-state index is 12.8. The number of nitrogens with zero attached hydrogens (tertiary/aromatic N) is 3. The lowest BCUT2D eigenvalue weighted by Crippen LogP contribution is -2.38. The number of hydrogen-bond donors (Lipinski definition) is 2. The third-order valence-corrected chi connectivity index (χ3v) is 7.01. The zero-order valence-electron chi connectivity index (χ0n) is 19.2. The van der Waals surface area contributed by atoms with E-state index in [0.717, 1.165) is 79.6 Å². The van der Waals surface area contributed by atoms with Gasteiger partial charge >= 0.3 is 0 Å². The summed E-state index contributed by atoms with van der Waals surface area (Å²) in [4.78, 5) is 25.6. The molecule has 1 aliphatic heterocycles. The maximum Gasteiger partial charge on any atom is 0.261 e. The van der Waals surface area contributed by atoms with Crippen LogP contribution in [0.25, 0.3) is 10.2 Å². The lowest BCUT2D eigenvalue weighted by molar-refractivity contribution is 0.0374. The summed E-state index contributed by atoms with van der Waals surface area (Å²) in [7, 11) is 1.67. The van der Waals surface area contributed by atoms with Crippen LogP contribution in [-0.4, -0.2) is 73.8 Å². The predicted molar refractivity (Wildman–Crippen MR) is 132 cm³/mol. The lowest BCUT2D eigenvalue weighted by Gasteiger charge is -2.26. The Bertz CT molecular complexity index is 1080. The number of anilines is 1. The molecule has 0 radical (unpaired) electrons. The number of ether oxygens (including phenoxy) is 2. The number of carbonyl (C=O) groups is 1. The molecule has 0 bridgehead atoms. The number of amides is 1. The number of fused-ring (bicyclic) bond motifs is 1. The average molecular weight is 470 g/mol. The summed E-state index contributed by atoms with van der Waals surface area (Å²) in [6, 6.07) is 8.05. The fraction of sp³-hybridized carbons (Fsp3) is 0.458. The van der Waals surface area contributed by atoms with Crippen molar-refractivity contribution in [1.82, 2.24) is 20.2 Å². The van der Waals surface area contributed by atoms with E-state index in [-0.39, 0.29) is 5.91 Å². The van der Waals surface area contributed by atoms with Gasteiger partial charge in [-0.25, -0.2) is 9.97 Å². The molecule has 2 N–H and O–H groups in total. The van der Waals surface area contributed by atoms with Crippen LogP contribution in [-0.2, 0) is 11.2 Å². The SMILES string of the molecule is COc1cccc(CCNc2ncnc3sc(C(=O)NCCCN4CCOCC4)c(C)c23)c1. The van der Waals surface area contributed by atoms with Crippen molar-refractivity contribution in [3.63, 3.8) is 0 Å². The molecule has 9 heteroatoms. The predicted octanol–water partition coefficient (Wildman–Crippen LogP) is 3.12. The molecule has 0 saturated carbocycles. The molecule has 1 amide bonds. The van der Waals surface area contributed by atoms with Crippen LogP contribution in [0, 0.1) is 6.92 Å². The van der Waals surface area contributed by atoms with Crippen molar-refractivity contribution in [3.8, 4) is 5.75 Å². The van der Waals surface area contributed by atoms with E-state index in [1.165, 1.54) is 16.9 Å². The Morgan fingerprint density at radius 2 is 2.09 bits per heavy atom. The third-order valence-electron chi connectivity index (χ3n) is 5.81. The molecule has 176 valence electrons. The van der Waals surface area contributed by atoms with Crippen LogP contribution in [0.2, 0.25) is 0 Å². The van der Waals surface area contributed by atoms with Crippen LogP contribution in [0.3, 0.4) is 0 Å². The minimum Gasteiger partial charge on any atom is -0.497 e. The van der Waals surface area contributed by atoms with Gasteiger partial charge in [0.15, 0.2) is 0 Å². The van der Waals surface area contributed by atoms with Crippen molar-refractivity contribution in [1.29, 1.82) is 0 Å². The number of benzene rings is 1.